The molecular formula is C6H17BO6. The average Bonchev–Trinajstić information content (AvgIpc) is 2.06. The van der Waals surface area contributed by atoms with E-state index in [1.807, 2.05) is 0 Å². The maximum Gasteiger partial charge on any atom is 0.631 e. The van der Waals surface area contributed by atoms with Crippen LogP contribution in [0, 0.1) is 5.92 Å². The number of hydrogen-bond acceptors (Lipinski definition) is 6. The minimum atomic E-state index is -2.17. The highest BCUT2D eigenvalue weighted by atomic mass is 16.5. The van der Waals surface area contributed by atoms with Crippen LogP contribution >= 0.6 is 0 Å². The van der Waals surface area contributed by atoms with Crippen LogP contribution in [0.5, 0.6) is 0 Å². The van der Waals surface area contributed by atoms with Gasteiger partial charge < -0.3 is 30.4 Å². The molecule has 0 amide bonds. The molecule has 0 aromatic heterocycles. The average molecular weight is 196 g/mol. The van der Waals surface area contributed by atoms with Gasteiger partial charge in [-0.05, 0) is 12.8 Å². The van der Waals surface area contributed by atoms with E-state index in [1.54, 1.807) is 0 Å². The molecule has 0 aliphatic carbocycles. The first-order valence-corrected chi connectivity index (χ1v) is 3.95. The molecule has 7 heteroatoms. The van der Waals surface area contributed by atoms with Crippen molar-refractivity contribution in [1.82, 2.24) is 0 Å². The Bertz CT molecular complexity index is 84.4. The van der Waals surface area contributed by atoms with Gasteiger partial charge in [-0.2, -0.15) is 0 Å². The second-order valence-corrected chi connectivity index (χ2v) is 2.44. The lowest BCUT2D eigenvalue weighted by atomic mass is 10.1. The molecule has 0 aromatic rings. The molecule has 0 saturated heterocycles. The van der Waals surface area contributed by atoms with Gasteiger partial charge in [-0.15, -0.1) is 0 Å². The van der Waals surface area contributed by atoms with Gasteiger partial charge in [-0.25, -0.2) is 0 Å². The van der Waals surface area contributed by atoms with Crippen molar-refractivity contribution < 1.29 is 30.4 Å². The predicted octanol–water partition coefficient (Wildman–Crippen LogP) is -2.69. The summed E-state index contributed by atoms with van der Waals surface area (Å²) in [6.07, 6.45) is 1.36. The van der Waals surface area contributed by atoms with Crippen LogP contribution in [-0.4, -0.2) is 57.5 Å². The molecule has 0 radical (unpaired) electrons. The van der Waals surface area contributed by atoms with Crippen molar-refractivity contribution in [3.8, 4) is 0 Å². The Morgan fingerprint density at radius 1 is 0.923 bits per heavy atom. The molecule has 80 valence electrons. The van der Waals surface area contributed by atoms with Gasteiger partial charge in [0.25, 0.3) is 0 Å². The van der Waals surface area contributed by atoms with Gasteiger partial charge in [-0.3, -0.25) is 0 Å². The summed E-state index contributed by atoms with van der Waals surface area (Å²) in [7, 11) is -2.17. The largest absolute Gasteiger partial charge is 0.631 e. The number of aliphatic hydroxyl groups is 3. The summed E-state index contributed by atoms with van der Waals surface area (Å²) in [6, 6.07) is 0. The summed E-state index contributed by atoms with van der Waals surface area (Å²) in [6.45, 7) is 0.156. The molecule has 0 aliphatic heterocycles. The molecule has 0 aliphatic rings. The molecule has 0 aromatic carbocycles. The lowest BCUT2D eigenvalue weighted by Crippen LogP contribution is -2.11. The lowest BCUT2D eigenvalue weighted by Gasteiger charge is -2.07. The Kier molecular flexibility index (Phi) is 13.9. The van der Waals surface area contributed by atoms with Crippen molar-refractivity contribution in [3.05, 3.63) is 0 Å². The number of hydrogen-bond donors (Lipinski definition) is 6. The van der Waals surface area contributed by atoms with Crippen molar-refractivity contribution in [2.75, 3.05) is 19.8 Å². The smallest absolute Gasteiger partial charge is 0.402 e. The summed E-state index contributed by atoms with van der Waals surface area (Å²) in [5, 5.41) is 46.9. The van der Waals surface area contributed by atoms with Crippen LogP contribution in [0.3, 0.4) is 0 Å². The van der Waals surface area contributed by atoms with Crippen LogP contribution in [0.25, 0.3) is 0 Å². The maximum atomic E-state index is 8.51. The Balaban J connectivity index is 0. The van der Waals surface area contributed by atoms with Crippen LogP contribution < -0.4 is 0 Å². The molecular weight excluding hydrogens is 179 g/mol. The van der Waals surface area contributed by atoms with E-state index in [9.17, 15) is 0 Å². The van der Waals surface area contributed by atoms with Crippen LogP contribution in [-0.2, 0) is 0 Å². The second kappa shape index (κ2) is 11.8. The van der Waals surface area contributed by atoms with E-state index in [2.05, 4.69) is 0 Å². The Morgan fingerprint density at radius 3 is 1.54 bits per heavy atom. The van der Waals surface area contributed by atoms with Crippen LogP contribution in [0.15, 0.2) is 0 Å². The summed E-state index contributed by atoms with van der Waals surface area (Å²) >= 11 is 0. The molecule has 6 N–H and O–H groups in total. The van der Waals surface area contributed by atoms with Crippen molar-refractivity contribution in [1.29, 1.82) is 0 Å². The van der Waals surface area contributed by atoms with Crippen LogP contribution in [0.1, 0.15) is 12.8 Å². The highest BCUT2D eigenvalue weighted by Gasteiger charge is 2.03. The summed E-state index contributed by atoms with van der Waals surface area (Å²) < 4.78 is 0. The monoisotopic (exact) mass is 196 g/mol. The molecule has 0 atom stereocenters. The van der Waals surface area contributed by atoms with E-state index in [0.717, 1.165) is 0 Å². The van der Waals surface area contributed by atoms with Gasteiger partial charge in [0.05, 0.1) is 0 Å². The van der Waals surface area contributed by atoms with Crippen molar-refractivity contribution >= 4 is 7.32 Å². The van der Waals surface area contributed by atoms with Gasteiger partial charge in [0, 0.05) is 25.7 Å². The zero-order valence-electron chi connectivity index (χ0n) is 7.37. The van der Waals surface area contributed by atoms with Gasteiger partial charge in [0.2, 0.25) is 0 Å². The standard InChI is InChI=1S/C6H14O3.BH3O3/c7-3-1-2-6(4-8)5-9;2-1(3)4/h6-9H,1-5H2;2-4H. The number of rotatable bonds is 5. The fourth-order valence-corrected chi connectivity index (χ4v) is 0.620. The van der Waals surface area contributed by atoms with E-state index < -0.39 is 7.32 Å². The van der Waals surface area contributed by atoms with E-state index in [1.165, 1.54) is 0 Å². The topological polar surface area (TPSA) is 121 Å². The van der Waals surface area contributed by atoms with Gasteiger partial charge in [-0.1, -0.05) is 0 Å². The minimum Gasteiger partial charge on any atom is -0.402 e. The fraction of sp³-hybridized carbons (Fsp3) is 1.00. The Labute approximate surface area is 77.3 Å². The highest BCUT2D eigenvalue weighted by molar-refractivity contribution is 6.30. The minimum absolute atomic E-state index is 0.0104. The van der Waals surface area contributed by atoms with E-state index in [-0.39, 0.29) is 25.7 Å². The highest BCUT2D eigenvalue weighted by Crippen LogP contribution is 2.02. The normalized spacial score (nSPS) is 9.46. The zero-order chi connectivity index (χ0) is 10.7. The third kappa shape index (κ3) is 18.6. The zero-order valence-corrected chi connectivity index (χ0v) is 7.37. The summed E-state index contributed by atoms with van der Waals surface area (Å²) in [5.74, 6) is -0.0443. The van der Waals surface area contributed by atoms with Gasteiger partial charge >= 0.3 is 7.32 Å². The number of aliphatic hydroxyl groups excluding tert-OH is 3. The molecule has 0 fully saturated rings. The Morgan fingerprint density at radius 2 is 1.31 bits per heavy atom. The molecule has 13 heavy (non-hydrogen) atoms. The van der Waals surface area contributed by atoms with E-state index in [0.29, 0.717) is 12.8 Å². The molecule has 0 spiro atoms. The summed E-state index contributed by atoms with van der Waals surface area (Å²) in [5.41, 5.74) is 0. The van der Waals surface area contributed by atoms with Crippen molar-refractivity contribution in [3.63, 3.8) is 0 Å². The predicted molar refractivity (Wildman–Crippen MR) is 46.4 cm³/mol. The van der Waals surface area contributed by atoms with E-state index >= 15 is 0 Å². The first-order chi connectivity index (χ1) is 6.08. The van der Waals surface area contributed by atoms with Crippen LogP contribution in [0.4, 0.5) is 0 Å². The van der Waals surface area contributed by atoms with Crippen LogP contribution in [0.2, 0.25) is 0 Å². The molecule has 0 unspecified atom stereocenters. The third-order valence-corrected chi connectivity index (χ3v) is 1.29. The first-order valence-electron chi connectivity index (χ1n) is 3.95. The van der Waals surface area contributed by atoms with Crippen molar-refractivity contribution in [2.24, 2.45) is 5.92 Å². The molecule has 0 saturated carbocycles. The molecule has 0 rings (SSSR count). The Hall–Kier alpha value is -0.175. The van der Waals surface area contributed by atoms with Gasteiger partial charge in [0.1, 0.15) is 0 Å². The lowest BCUT2D eigenvalue weighted by molar-refractivity contribution is 0.136. The van der Waals surface area contributed by atoms with Crippen molar-refractivity contribution in [2.45, 2.75) is 12.8 Å². The third-order valence-electron chi connectivity index (χ3n) is 1.29. The maximum absolute atomic E-state index is 8.51. The SMILES string of the molecule is OB(O)O.OCCCC(CO)CO. The molecule has 0 heterocycles. The first kappa shape index (κ1) is 15.3. The van der Waals surface area contributed by atoms with Gasteiger partial charge in [0.15, 0.2) is 0 Å². The molecule has 0 bridgehead atoms. The summed E-state index contributed by atoms with van der Waals surface area (Å²) in [4.78, 5) is 0. The molecule has 6 nitrogen and oxygen atoms in total. The van der Waals surface area contributed by atoms with E-state index in [4.69, 9.17) is 30.4 Å². The quantitative estimate of drug-likeness (QED) is 0.266. The fourth-order valence-electron chi connectivity index (χ4n) is 0.620. The second-order valence-electron chi connectivity index (χ2n) is 2.44.